The first-order valence-corrected chi connectivity index (χ1v) is 8.24. The summed E-state index contributed by atoms with van der Waals surface area (Å²) < 4.78 is 6.79. The summed E-state index contributed by atoms with van der Waals surface area (Å²) in [6.07, 6.45) is 3.31. The predicted molar refractivity (Wildman–Crippen MR) is 105 cm³/mol. The second kappa shape index (κ2) is 9.70. The topological polar surface area (TPSA) is 87.6 Å². The second-order valence-corrected chi connectivity index (χ2v) is 5.78. The summed E-state index contributed by atoms with van der Waals surface area (Å²) in [7, 11) is 1.93. The minimum absolute atomic E-state index is 0. The number of nitrogens with zero attached hydrogens (tertiary/aromatic N) is 7. The predicted octanol–water partition coefficient (Wildman–Crippen LogP) is 0.704. The van der Waals surface area contributed by atoms with Gasteiger partial charge in [0.1, 0.15) is 19.1 Å². The van der Waals surface area contributed by atoms with Crippen molar-refractivity contribution in [2.24, 2.45) is 12.0 Å². The molecule has 0 atom stereocenters. The first kappa shape index (κ1) is 19.6. The van der Waals surface area contributed by atoms with E-state index in [-0.39, 0.29) is 24.0 Å². The van der Waals surface area contributed by atoms with Gasteiger partial charge in [-0.25, -0.2) is 4.99 Å². The molecule has 1 aliphatic rings. The molecule has 1 aliphatic heterocycles. The van der Waals surface area contributed by atoms with Crippen molar-refractivity contribution in [2.75, 3.05) is 32.7 Å². The van der Waals surface area contributed by atoms with E-state index in [4.69, 9.17) is 9.52 Å². The Kier molecular flexibility index (Phi) is 7.62. The smallest absolute Gasteiger partial charge is 0.194 e. The van der Waals surface area contributed by atoms with Crippen LogP contribution in [-0.4, -0.2) is 68.4 Å². The van der Waals surface area contributed by atoms with Gasteiger partial charge < -0.3 is 19.3 Å². The van der Waals surface area contributed by atoms with E-state index < -0.39 is 0 Å². The third kappa shape index (κ3) is 5.39. The van der Waals surface area contributed by atoms with E-state index in [1.165, 1.54) is 0 Å². The van der Waals surface area contributed by atoms with Gasteiger partial charge in [-0.3, -0.25) is 4.90 Å². The standard InChI is InChI=1S/C15H24N8O.HI/c1-3-16-15(17-10-14-19-18-12-21(14)2)23-7-5-22(6-8-23)11-13-4-9-24-20-13;/h4,9,12H,3,5-8,10-11H2,1-2H3,(H,16,17);1H. The Hall–Kier alpha value is -1.69. The molecule has 3 heterocycles. The van der Waals surface area contributed by atoms with E-state index in [0.29, 0.717) is 6.54 Å². The van der Waals surface area contributed by atoms with Gasteiger partial charge >= 0.3 is 0 Å². The largest absolute Gasteiger partial charge is 0.364 e. The molecule has 138 valence electrons. The van der Waals surface area contributed by atoms with E-state index >= 15 is 0 Å². The number of halogens is 1. The third-order valence-corrected chi connectivity index (χ3v) is 4.06. The van der Waals surface area contributed by atoms with Crippen LogP contribution in [0.2, 0.25) is 0 Å². The lowest BCUT2D eigenvalue weighted by molar-refractivity contribution is 0.169. The molecule has 0 aliphatic carbocycles. The zero-order valence-corrected chi connectivity index (χ0v) is 17.0. The Morgan fingerprint density at radius 1 is 1.32 bits per heavy atom. The molecule has 0 spiro atoms. The van der Waals surface area contributed by atoms with Gasteiger partial charge in [0.2, 0.25) is 0 Å². The lowest BCUT2D eigenvalue weighted by Crippen LogP contribution is -2.52. The number of piperazine rings is 1. The maximum atomic E-state index is 4.90. The van der Waals surface area contributed by atoms with Crippen molar-refractivity contribution in [3.8, 4) is 0 Å². The van der Waals surface area contributed by atoms with Crippen LogP contribution in [0.15, 0.2) is 28.2 Å². The lowest BCUT2D eigenvalue weighted by Gasteiger charge is -2.36. The van der Waals surface area contributed by atoms with Crippen LogP contribution in [0.25, 0.3) is 0 Å². The highest BCUT2D eigenvalue weighted by molar-refractivity contribution is 14.0. The highest BCUT2D eigenvalue weighted by atomic mass is 127. The van der Waals surface area contributed by atoms with Crippen LogP contribution in [0, 0.1) is 0 Å². The van der Waals surface area contributed by atoms with Crippen molar-refractivity contribution in [1.82, 2.24) is 35.0 Å². The highest BCUT2D eigenvalue weighted by Gasteiger charge is 2.20. The Morgan fingerprint density at radius 2 is 2.12 bits per heavy atom. The summed E-state index contributed by atoms with van der Waals surface area (Å²) in [5.41, 5.74) is 0.978. The number of rotatable bonds is 5. The monoisotopic (exact) mass is 460 g/mol. The van der Waals surface area contributed by atoms with Crippen LogP contribution in [0.4, 0.5) is 0 Å². The maximum Gasteiger partial charge on any atom is 0.194 e. The first-order chi connectivity index (χ1) is 11.8. The Bertz CT molecular complexity index is 648. The summed E-state index contributed by atoms with van der Waals surface area (Å²) in [4.78, 5) is 9.37. The molecule has 25 heavy (non-hydrogen) atoms. The van der Waals surface area contributed by atoms with Gasteiger partial charge in [-0.1, -0.05) is 5.16 Å². The van der Waals surface area contributed by atoms with Gasteiger partial charge in [-0.2, -0.15) is 0 Å². The van der Waals surface area contributed by atoms with Crippen LogP contribution in [0.1, 0.15) is 18.4 Å². The number of nitrogens with one attached hydrogen (secondary N) is 1. The average Bonchev–Trinajstić information content (AvgIpc) is 3.24. The number of hydrogen-bond donors (Lipinski definition) is 1. The van der Waals surface area contributed by atoms with E-state index in [2.05, 4.69) is 37.4 Å². The van der Waals surface area contributed by atoms with Crippen molar-refractivity contribution in [3.63, 3.8) is 0 Å². The van der Waals surface area contributed by atoms with Crippen molar-refractivity contribution in [3.05, 3.63) is 30.2 Å². The molecule has 3 rings (SSSR count). The van der Waals surface area contributed by atoms with E-state index in [1.807, 2.05) is 17.7 Å². The zero-order chi connectivity index (χ0) is 16.8. The van der Waals surface area contributed by atoms with Crippen molar-refractivity contribution < 1.29 is 4.52 Å². The zero-order valence-electron chi connectivity index (χ0n) is 14.6. The second-order valence-electron chi connectivity index (χ2n) is 5.78. The minimum atomic E-state index is 0. The number of guanidine groups is 1. The first-order valence-electron chi connectivity index (χ1n) is 8.24. The van der Waals surface area contributed by atoms with Gasteiger partial charge in [-0.15, -0.1) is 34.2 Å². The molecular formula is C15H25IN8O. The Morgan fingerprint density at radius 3 is 2.72 bits per heavy atom. The average molecular weight is 460 g/mol. The summed E-state index contributed by atoms with van der Waals surface area (Å²) in [6.45, 7) is 8.10. The Labute approximate surface area is 164 Å². The normalized spacial score (nSPS) is 15.9. The molecular weight excluding hydrogens is 435 g/mol. The van der Waals surface area contributed by atoms with Gasteiger partial charge in [0.05, 0.1) is 5.69 Å². The molecule has 10 heteroatoms. The number of aryl methyl sites for hydroxylation is 1. The molecule has 0 amide bonds. The van der Waals surface area contributed by atoms with E-state index in [0.717, 1.165) is 56.7 Å². The van der Waals surface area contributed by atoms with Crippen LogP contribution in [0.5, 0.6) is 0 Å². The SMILES string of the molecule is CCNC(=NCc1nncn1C)N1CCN(Cc2ccon2)CC1.I. The highest BCUT2D eigenvalue weighted by Crippen LogP contribution is 2.08. The number of aromatic nitrogens is 4. The van der Waals surface area contributed by atoms with E-state index in [1.54, 1.807) is 12.6 Å². The van der Waals surface area contributed by atoms with Crippen molar-refractivity contribution in [2.45, 2.75) is 20.0 Å². The van der Waals surface area contributed by atoms with Gasteiger partial charge in [-0.05, 0) is 6.92 Å². The molecule has 0 radical (unpaired) electrons. The van der Waals surface area contributed by atoms with Gasteiger partial charge in [0.15, 0.2) is 11.8 Å². The minimum Gasteiger partial charge on any atom is -0.364 e. The van der Waals surface area contributed by atoms with Crippen LogP contribution in [-0.2, 0) is 20.1 Å². The fraction of sp³-hybridized carbons (Fsp3) is 0.600. The fourth-order valence-electron chi connectivity index (χ4n) is 2.69. The van der Waals surface area contributed by atoms with Crippen LogP contribution in [0.3, 0.4) is 0 Å². The molecule has 2 aromatic heterocycles. The van der Waals surface area contributed by atoms with Crippen molar-refractivity contribution >= 4 is 29.9 Å². The number of aliphatic imine (C=N–C) groups is 1. The van der Waals surface area contributed by atoms with Gasteiger partial charge in [0.25, 0.3) is 0 Å². The molecule has 0 bridgehead atoms. The summed E-state index contributed by atoms with van der Waals surface area (Å²) >= 11 is 0. The molecule has 1 fully saturated rings. The molecule has 0 saturated carbocycles. The third-order valence-electron chi connectivity index (χ3n) is 4.06. The molecule has 2 aromatic rings. The van der Waals surface area contributed by atoms with Crippen molar-refractivity contribution in [1.29, 1.82) is 0 Å². The maximum absolute atomic E-state index is 4.90. The van der Waals surface area contributed by atoms with Crippen LogP contribution >= 0.6 is 24.0 Å². The number of hydrogen-bond acceptors (Lipinski definition) is 6. The van der Waals surface area contributed by atoms with Crippen LogP contribution < -0.4 is 5.32 Å². The molecule has 0 aromatic carbocycles. The quantitative estimate of drug-likeness (QED) is 0.400. The summed E-state index contributed by atoms with van der Waals surface area (Å²) in [6, 6.07) is 1.92. The van der Waals surface area contributed by atoms with Gasteiger partial charge in [0, 0.05) is 52.4 Å². The molecule has 1 saturated heterocycles. The van der Waals surface area contributed by atoms with E-state index in [9.17, 15) is 0 Å². The molecule has 1 N–H and O–H groups in total. The molecule has 9 nitrogen and oxygen atoms in total. The Balaban J connectivity index is 0.00000225. The fourth-order valence-corrected chi connectivity index (χ4v) is 2.69. The lowest BCUT2D eigenvalue weighted by atomic mass is 10.3. The summed E-state index contributed by atoms with van der Waals surface area (Å²) in [5, 5.41) is 15.3. The summed E-state index contributed by atoms with van der Waals surface area (Å²) in [5.74, 6) is 1.79. The molecule has 0 unspecified atom stereocenters.